The maximum atomic E-state index is 12.7. The Bertz CT molecular complexity index is 934. The van der Waals surface area contributed by atoms with Crippen molar-refractivity contribution in [1.82, 2.24) is 16.0 Å². The summed E-state index contributed by atoms with van der Waals surface area (Å²) in [5.74, 6) is -2.32. The normalized spacial score (nSPS) is 12.1. The maximum absolute atomic E-state index is 12.7. The van der Waals surface area contributed by atoms with E-state index in [0.717, 1.165) is 0 Å². The Morgan fingerprint density at radius 3 is 2.27 bits per heavy atom. The van der Waals surface area contributed by atoms with Crippen molar-refractivity contribution < 1.29 is 33.8 Å². The van der Waals surface area contributed by atoms with Gasteiger partial charge in [0.25, 0.3) is 0 Å². The van der Waals surface area contributed by atoms with E-state index in [2.05, 4.69) is 31.3 Å². The van der Waals surface area contributed by atoms with Gasteiger partial charge in [-0.15, -0.1) is 0 Å². The highest BCUT2D eigenvalue weighted by molar-refractivity contribution is 5.98. The minimum Gasteiger partial charge on any atom is -0.392 e. The highest BCUT2D eigenvalue weighted by atomic mass is 16.5. The van der Waals surface area contributed by atoms with Crippen molar-refractivity contribution in [2.24, 2.45) is 11.0 Å². The number of nitrogens with zero attached hydrogens (tertiary/aromatic N) is 3. The number of aliphatic hydroxyl groups is 1. The van der Waals surface area contributed by atoms with Crippen molar-refractivity contribution >= 4 is 29.3 Å². The summed E-state index contributed by atoms with van der Waals surface area (Å²) in [6, 6.07) is 4.80. The predicted molar refractivity (Wildman–Crippen MR) is 134 cm³/mol. The third-order valence-electron chi connectivity index (χ3n) is 4.86. The molecule has 1 rings (SSSR count). The van der Waals surface area contributed by atoms with Gasteiger partial charge in [0, 0.05) is 23.7 Å². The summed E-state index contributed by atoms with van der Waals surface area (Å²) in [4.78, 5) is 51.7. The van der Waals surface area contributed by atoms with Crippen molar-refractivity contribution in [3.63, 3.8) is 0 Å². The number of amides is 4. The molecule has 37 heavy (non-hydrogen) atoms. The number of hydrogen-bond acceptors (Lipinski definition) is 8. The molecule has 0 fully saturated rings. The Hall–Kier alpha value is -3.71. The van der Waals surface area contributed by atoms with Crippen LogP contribution >= 0.6 is 0 Å². The zero-order chi connectivity index (χ0) is 27.6. The molecular weight excluding hydrogens is 486 g/mol. The van der Waals surface area contributed by atoms with Crippen LogP contribution in [-0.4, -0.2) is 80.3 Å². The van der Waals surface area contributed by atoms with E-state index in [1.54, 1.807) is 38.1 Å². The Balaban J connectivity index is 2.39. The Kier molecular flexibility index (Phi) is 15.0. The summed E-state index contributed by atoms with van der Waals surface area (Å²) in [6.45, 7) is 4.97. The molecule has 2 atom stereocenters. The monoisotopic (exact) mass is 521 g/mol. The molecule has 5 N–H and O–H groups in total. The van der Waals surface area contributed by atoms with E-state index < -0.39 is 42.3 Å². The first-order valence-electron chi connectivity index (χ1n) is 11.7. The van der Waals surface area contributed by atoms with Crippen LogP contribution in [0.1, 0.15) is 26.3 Å². The van der Waals surface area contributed by atoms with Gasteiger partial charge in [-0.2, -0.15) is 0 Å². The first-order chi connectivity index (χ1) is 17.7. The van der Waals surface area contributed by atoms with Crippen molar-refractivity contribution in [2.45, 2.75) is 39.5 Å². The average Bonchev–Trinajstić information content (AvgIpc) is 2.86. The molecular formula is C23H35N7O7. The van der Waals surface area contributed by atoms with Crippen LogP contribution in [0.4, 0.5) is 5.69 Å². The molecule has 14 nitrogen and oxygen atoms in total. The van der Waals surface area contributed by atoms with Gasteiger partial charge in [0.2, 0.25) is 23.6 Å². The van der Waals surface area contributed by atoms with Crippen molar-refractivity contribution in [1.29, 1.82) is 0 Å². The van der Waals surface area contributed by atoms with Crippen LogP contribution in [0.15, 0.2) is 29.4 Å². The molecule has 0 aromatic heterocycles. The summed E-state index contributed by atoms with van der Waals surface area (Å²) >= 11 is 0. The molecule has 1 aromatic carbocycles. The fourth-order valence-corrected chi connectivity index (χ4v) is 2.87. The van der Waals surface area contributed by atoms with Crippen LogP contribution in [0.3, 0.4) is 0 Å². The number of aliphatic hydroxyl groups excluding tert-OH is 1. The van der Waals surface area contributed by atoms with E-state index >= 15 is 0 Å². The molecule has 0 spiro atoms. The third kappa shape index (κ3) is 13.2. The fourth-order valence-electron chi connectivity index (χ4n) is 2.87. The molecule has 0 saturated heterocycles. The molecule has 14 heteroatoms. The minimum absolute atomic E-state index is 0.112. The van der Waals surface area contributed by atoms with Crippen LogP contribution < -0.4 is 21.3 Å². The summed E-state index contributed by atoms with van der Waals surface area (Å²) in [7, 11) is 0. The van der Waals surface area contributed by atoms with Gasteiger partial charge in [-0.3, -0.25) is 19.2 Å². The smallest absolute Gasteiger partial charge is 0.246 e. The summed E-state index contributed by atoms with van der Waals surface area (Å²) in [5, 5.41) is 22.7. The Morgan fingerprint density at radius 1 is 0.973 bits per heavy atom. The fraction of sp³-hybridized carbons (Fsp3) is 0.565. The van der Waals surface area contributed by atoms with Gasteiger partial charge in [-0.25, -0.2) is 0 Å². The predicted octanol–water partition coefficient (Wildman–Crippen LogP) is 0.223. The molecule has 4 amide bonds. The van der Waals surface area contributed by atoms with Crippen molar-refractivity contribution in [3.8, 4) is 0 Å². The zero-order valence-corrected chi connectivity index (χ0v) is 21.2. The van der Waals surface area contributed by atoms with Gasteiger partial charge >= 0.3 is 0 Å². The Labute approximate surface area is 215 Å². The van der Waals surface area contributed by atoms with E-state index in [4.69, 9.17) is 20.1 Å². The van der Waals surface area contributed by atoms with Gasteiger partial charge in [0.1, 0.15) is 25.3 Å². The number of carbonyl (C=O) groups is 4. The summed E-state index contributed by atoms with van der Waals surface area (Å²) < 4.78 is 10.2. The minimum atomic E-state index is -0.925. The van der Waals surface area contributed by atoms with Crippen LogP contribution in [0, 0.1) is 5.92 Å². The van der Waals surface area contributed by atoms with Gasteiger partial charge < -0.3 is 35.8 Å². The highest BCUT2D eigenvalue weighted by Gasteiger charge is 2.27. The van der Waals surface area contributed by atoms with Crippen molar-refractivity contribution in [2.75, 3.05) is 44.8 Å². The number of azide groups is 1. The Morgan fingerprint density at radius 2 is 1.65 bits per heavy atom. The van der Waals surface area contributed by atoms with E-state index in [1.165, 1.54) is 6.92 Å². The third-order valence-corrected chi connectivity index (χ3v) is 4.86. The standard InChI is InChI=1S/C23H35N7O7/c1-15(2)21(23(35)27-16(3)22(34)28-18-6-4-17(12-31)5-7-18)29-20(33)14-37-13-19(32)25-8-10-36-11-9-26-30-24/h4-7,15-16,21,31H,8-14H2,1-3H3,(H,25,32)(H,27,35)(H,28,34)(H,29,33)/t16-,21-/m0/s1. The molecule has 0 unspecified atom stereocenters. The quantitative estimate of drug-likeness (QED) is 0.0834. The second-order valence-corrected chi connectivity index (χ2v) is 8.27. The van der Waals surface area contributed by atoms with E-state index in [9.17, 15) is 19.2 Å². The molecule has 0 aliphatic rings. The topological polar surface area (TPSA) is 204 Å². The molecule has 0 aliphatic carbocycles. The van der Waals surface area contributed by atoms with Crippen LogP contribution in [0.5, 0.6) is 0 Å². The van der Waals surface area contributed by atoms with E-state index in [-0.39, 0.29) is 45.4 Å². The van der Waals surface area contributed by atoms with Gasteiger partial charge in [-0.05, 0) is 36.1 Å². The first-order valence-corrected chi connectivity index (χ1v) is 11.7. The van der Waals surface area contributed by atoms with Crippen LogP contribution in [-0.2, 0) is 35.3 Å². The van der Waals surface area contributed by atoms with Gasteiger partial charge in [-0.1, -0.05) is 31.1 Å². The highest BCUT2D eigenvalue weighted by Crippen LogP contribution is 2.10. The number of hydrogen-bond donors (Lipinski definition) is 5. The number of rotatable bonds is 17. The molecule has 0 heterocycles. The maximum Gasteiger partial charge on any atom is 0.246 e. The van der Waals surface area contributed by atoms with E-state index in [1.807, 2.05) is 0 Å². The number of carbonyl (C=O) groups excluding carboxylic acids is 4. The number of benzene rings is 1. The molecule has 204 valence electrons. The number of nitrogens with one attached hydrogen (secondary N) is 4. The van der Waals surface area contributed by atoms with E-state index in [0.29, 0.717) is 11.3 Å². The van der Waals surface area contributed by atoms with Crippen molar-refractivity contribution in [3.05, 3.63) is 40.3 Å². The molecule has 0 radical (unpaired) electrons. The van der Waals surface area contributed by atoms with Gasteiger partial charge in [0.05, 0.1) is 19.8 Å². The lowest BCUT2D eigenvalue weighted by atomic mass is 10.0. The molecule has 0 bridgehead atoms. The summed E-state index contributed by atoms with van der Waals surface area (Å²) in [5.41, 5.74) is 9.35. The largest absolute Gasteiger partial charge is 0.392 e. The average molecular weight is 522 g/mol. The molecule has 0 saturated carbocycles. The molecule has 0 aliphatic heterocycles. The number of anilines is 1. The number of ether oxygens (including phenoxy) is 2. The second-order valence-electron chi connectivity index (χ2n) is 8.27. The summed E-state index contributed by atoms with van der Waals surface area (Å²) in [6.07, 6.45) is 0. The lowest BCUT2D eigenvalue weighted by Crippen LogP contribution is -2.54. The van der Waals surface area contributed by atoms with Crippen LogP contribution in [0.25, 0.3) is 10.4 Å². The lowest BCUT2D eigenvalue weighted by Gasteiger charge is -2.23. The SMILES string of the molecule is CC(C)[C@H](NC(=O)COCC(=O)NCCOCCN=[N+]=[N-])C(=O)N[C@@H](C)C(=O)Nc1ccc(CO)cc1. The van der Waals surface area contributed by atoms with Crippen LogP contribution in [0.2, 0.25) is 0 Å². The van der Waals surface area contributed by atoms with Gasteiger partial charge in [0.15, 0.2) is 0 Å². The lowest BCUT2D eigenvalue weighted by molar-refractivity contribution is -0.135. The molecule has 1 aromatic rings. The first kappa shape index (κ1) is 31.3. The zero-order valence-electron chi connectivity index (χ0n) is 21.2. The second kappa shape index (κ2) is 17.7.